The van der Waals surface area contributed by atoms with Crippen LogP contribution in [0.2, 0.25) is 0 Å². The van der Waals surface area contributed by atoms with Gasteiger partial charge < -0.3 is 15.8 Å². The summed E-state index contributed by atoms with van der Waals surface area (Å²) in [5.41, 5.74) is 5.28. The van der Waals surface area contributed by atoms with Gasteiger partial charge in [-0.15, -0.1) is 0 Å². The smallest absolute Gasteiger partial charge is 0.237 e. The van der Waals surface area contributed by atoms with Crippen molar-refractivity contribution in [3.05, 3.63) is 0 Å². The molecule has 0 spiro atoms. The van der Waals surface area contributed by atoms with Crippen molar-refractivity contribution < 1.29 is 9.53 Å². The van der Waals surface area contributed by atoms with E-state index in [-0.39, 0.29) is 16.9 Å². The lowest BCUT2D eigenvalue weighted by Crippen LogP contribution is -2.51. The van der Waals surface area contributed by atoms with E-state index in [9.17, 15) is 4.79 Å². The maximum Gasteiger partial charge on any atom is 0.237 e. The van der Waals surface area contributed by atoms with Crippen molar-refractivity contribution in [3.63, 3.8) is 0 Å². The third-order valence-electron chi connectivity index (χ3n) is 2.44. The first-order valence-electron chi connectivity index (χ1n) is 5.77. The van der Waals surface area contributed by atoms with Crippen LogP contribution in [0.15, 0.2) is 0 Å². The fourth-order valence-corrected chi connectivity index (χ4v) is 1.24. The summed E-state index contributed by atoms with van der Waals surface area (Å²) in [6, 6.07) is -0.495. The maximum atomic E-state index is 11.7. The summed E-state index contributed by atoms with van der Waals surface area (Å²) < 4.78 is 5.49. The van der Waals surface area contributed by atoms with Gasteiger partial charge in [0.1, 0.15) is 0 Å². The van der Waals surface area contributed by atoms with Gasteiger partial charge in [0.05, 0.1) is 11.6 Å². The van der Waals surface area contributed by atoms with Crippen molar-refractivity contribution in [1.82, 2.24) is 5.32 Å². The summed E-state index contributed by atoms with van der Waals surface area (Å²) in [6.07, 6.45) is 0. The van der Waals surface area contributed by atoms with E-state index < -0.39 is 6.04 Å². The Balaban J connectivity index is 4.18. The van der Waals surface area contributed by atoms with Gasteiger partial charge in [0, 0.05) is 13.2 Å². The Hall–Kier alpha value is -0.610. The molecular formula is C12H26N2O2. The number of nitrogens with two attached hydrogens (primary N) is 1. The molecule has 0 aromatic carbocycles. The number of carbonyl (C=O) groups excluding carboxylic acids is 1. The fourth-order valence-electron chi connectivity index (χ4n) is 1.24. The Bertz CT molecular complexity index is 232. The number of carbonyl (C=O) groups is 1. The summed E-state index contributed by atoms with van der Waals surface area (Å²) in [4.78, 5) is 11.7. The topological polar surface area (TPSA) is 64.3 Å². The van der Waals surface area contributed by atoms with Crippen LogP contribution in [0.1, 0.15) is 41.5 Å². The quantitative estimate of drug-likeness (QED) is 0.748. The largest absolute Gasteiger partial charge is 0.374 e. The van der Waals surface area contributed by atoms with E-state index in [1.807, 2.05) is 41.5 Å². The van der Waals surface area contributed by atoms with Gasteiger partial charge in [0.2, 0.25) is 5.91 Å². The number of hydrogen-bond donors (Lipinski definition) is 2. The van der Waals surface area contributed by atoms with E-state index in [2.05, 4.69) is 5.32 Å². The molecule has 0 bridgehead atoms. The van der Waals surface area contributed by atoms with Crippen molar-refractivity contribution >= 4 is 5.91 Å². The molecule has 0 saturated carbocycles. The second-order valence-electron chi connectivity index (χ2n) is 5.75. The van der Waals surface area contributed by atoms with Crippen LogP contribution >= 0.6 is 0 Å². The Morgan fingerprint density at radius 2 is 1.81 bits per heavy atom. The highest BCUT2D eigenvalue weighted by molar-refractivity contribution is 5.82. The highest BCUT2D eigenvalue weighted by Crippen LogP contribution is 2.17. The molecule has 0 aliphatic heterocycles. The lowest BCUT2D eigenvalue weighted by atomic mass is 9.87. The molecule has 4 heteroatoms. The van der Waals surface area contributed by atoms with Crippen LogP contribution in [0.4, 0.5) is 0 Å². The molecule has 0 aromatic rings. The molecule has 1 amide bonds. The predicted molar refractivity (Wildman–Crippen MR) is 66.1 cm³/mol. The molecule has 0 rings (SSSR count). The van der Waals surface area contributed by atoms with Crippen molar-refractivity contribution in [2.45, 2.75) is 53.2 Å². The zero-order valence-corrected chi connectivity index (χ0v) is 11.4. The van der Waals surface area contributed by atoms with Crippen LogP contribution in [0.5, 0.6) is 0 Å². The average Bonchev–Trinajstić information content (AvgIpc) is 2.11. The minimum atomic E-state index is -0.495. The second-order valence-corrected chi connectivity index (χ2v) is 5.75. The number of rotatable bonds is 5. The van der Waals surface area contributed by atoms with E-state index in [4.69, 9.17) is 10.5 Å². The van der Waals surface area contributed by atoms with Gasteiger partial charge in [0.25, 0.3) is 0 Å². The van der Waals surface area contributed by atoms with Gasteiger partial charge in [-0.05, 0) is 26.2 Å². The summed E-state index contributed by atoms with van der Waals surface area (Å²) in [5, 5.41) is 2.83. The molecular weight excluding hydrogens is 204 g/mol. The van der Waals surface area contributed by atoms with Crippen LogP contribution in [0.25, 0.3) is 0 Å². The summed E-state index contributed by atoms with van der Waals surface area (Å²) in [5.74, 6) is -0.125. The molecule has 0 aliphatic carbocycles. The van der Waals surface area contributed by atoms with Gasteiger partial charge in [0.15, 0.2) is 0 Å². The Kier molecular flexibility index (Phi) is 5.42. The third-order valence-corrected chi connectivity index (χ3v) is 2.44. The van der Waals surface area contributed by atoms with E-state index >= 15 is 0 Å². The van der Waals surface area contributed by atoms with Crippen molar-refractivity contribution in [2.24, 2.45) is 11.1 Å². The molecule has 0 heterocycles. The molecule has 96 valence electrons. The minimum absolute atomic E-state index is 0.125. The van der Waals surface area contributed by atoms with E-state index in [0.717, 1.165) is 0 Å². The number of ether oxygens (including phenoxy) is 1. The standard InChI is InChI=1S/C12H26N2O2/c1-7-16-12(5,6)8-14-10(15)9(13)11(2,3)4/h9H,7-8,13H2,1-6H3,(H,14,15). The summed E-state index contributed by atoms with van der Waals surface area (Å²) in [6.45, 7) is 12.8. The van der Waals surface area contributed by atoms with Gasteiger partial charge in [-0.25, -0.2) is 0 Å². The van der Waals surface area contributed by atoms with E-state index in [1.165, 1.54) is 0 Å². The first-order chi connectivity index (χ1) is 7.10. The molecule has 0 aliphatic rings. The molecule has 1 unspecified atom stereocenters. The van der Waals surface area contributed by atoms with Crippen LogP contribution in [-0.2, 0) is 9.53 Å². The summed E-state index contributed by atoms with van der Waals surface area (Å²) >= 11 is 0. The molecule has 3 N–H and O–H groups in total. The van der Waals surface area contributed by atoms with E-state index in [0.29, 0.717) is 13.2 Å². The molecule has 0 saturated heterocycles. The zero-order valence-electron chi connectivity index (χ0n) is 11.4. The fraction of sp³-hybridized carbons (Fsp3) is 0.917. The highest BCUT2D eigenvalue weighted by atomic mass is 16.5. The lowest BCUT2D eigenvalue weighted by Gasteiger charge is -2.29. The van der Waals surface area contributed by atoms with Crippen molar-refractivity contribution in [3.8, 4) is 0 Å². The Labute approximate surface area is 98.9 Å². The monoisotopic (exact) mass is 230 g/mol. The van der Waals surface area contributed by atoms with Gasteiger partial charge >= 0.3 is 0 Å². The van der Waals surface area contributed by atoms with Crippen LogP contribution in [0, 0.1) is 5.41 Å². The first kappa shape index (κ1) is 15.4. The van der Waals surface area contributed by atoms with Gasteiger partial charge in [-0.3, -0.25) is 4.79 Å². The molecule has 1 atom stereocenters. The van der Waals surface area contributed by atoms with Crippen LogP contribution in [-0.4, -0.2) is 30.7 Å². The molecule has 4 nitrogen and oxygen atoms in total. The third kappa shape index (κ3) is 5.47. The van der Waals surface area contributed by atoms with Crippen LogP contribution in [0.3, 0.4) is 0 Å². The molecule has 0 aromatic heterocycles. The normalized spacial score (nSPS) is 14.7. The Morgan fingerprint density at radius 1 is 1.31 bits per heavy atom. The minimum Gasteiger partial charge on any atom is -0.374 e. The highest BCUT2D eigenvalue weighted by Gasteiger charge is 2.28. The SMILES string of the molecule is CCOC(C)(C)CNC(=O)C(N)C(C)(C)C. The second kappa shape index (κ2) is 5.64. The van der Waals surface area contributed by atoms with E-state index in [1.54, 1.807) is 0 Å². The molecule has 0 radical (unpaired) electrons. The van der Waals surface area contributed by atoms with Crippen molar-refractivity contribution in [2.75, 3.05) is 13.2 Å². The maximum absolute atomic E-state index is 11.7. The number of hydrogen-bond acceptors (Lipinski definition) is 3. The lowest BCUT2D eigenvalue weighted by molar-refractivity contribution is -0.126. The number of amides is 1. The van der Waals surface area contributed by atoms with Gasteiger partial charge in [-0.2, -0.15) is 0 Å². The first-order valence-corrected chi connectivity index (χ1v) is 5.77. The predicted octanol–water partition coefficient (Wildman–Crippen LogP) is 1.29. The molecule has 0 fully saturated rings. The van der Waals surface area contributed by atoms with Gasteiger partial charge in [-0.1, -0.05) is 20.8 Å². The number of nitrogens with one attached hydrogen (secondary N) is 1. The average molecular weight is 230 g/mol. The summed E-state index contributed by atoms with van der Waals surface area (Å²) in [7, 11) is 0. The zero-order chi connectivity index (χ0) is 13.0. The van der Waals surface area contributed by atoms with Crippen molar-refractivity contribution in [1.29, 1.82) is 0 Å². The van der Waals surface area contributed by atoms with Crippen LogP contribution < -0.4 is 11.1 Å². The molecule has 16 heavy (non-hydrogen) atoms. The Morgan fingerprint density at radius 3 is 2.19 bits per heavy atom.